The summed E-state index contributed by atoms with van der Waals surface area (Å²) in [5.41, 5.74) is 0.570. The molecule has 0 amide bonds. The summed E-state index contributed by atoms with van der Waals surface area (Å²) >= 11 is 0. The molecule has 2 N–H and O–H groups in total. The number of hydrogen-bond acceptors (Lipinski definition) is 6. The van der Waals surface area contributed by atoms with E-state index in [0.29, 0.717) is 30.0 Å². The molecule has 78 valence electrons. The quantitative estimate of drug-likeness (QED) is 0.737. The highest BCUT2D eigenvalue weighted by Gasteiger charge is 2.21. The van der Waals surface area contributed by atoms with Crippen LogP contribution in [0.2, 0.25) is 0 Å². The molecule has 7 heteroatoms. The van der Waals surface area contributed by atoms with Crippen LogP contribution in [-0.2, 0) is 6.54 Å². The molecular formula is C8H10N6O. The van der Waals surface area contributed by atoms with Gasteiger partial charge in [-0.2, -0.15) is 20.4 Å². The highest BCUT2D eigenvalue weighted by molar-refractivity contribution is 5.42. The predicted octanol–water partition coefficient (Wildman–Crippen LogP) is 0.107. The van der Waals surface area contributed by atoms with Crippen LogP contribution in [0.15, 0.2) is 10.7 Å². The van der Waals surface area contributed by atoms with E-state index in [1.807, 2.05) is 0 Å². The Morgan fingerprint density at radius 1 is 1.53 bits per heavy atom. The zero-order chi connectivity index (χ0) is 10.1. The largest absolute Gasteiger partial charge is 0.332 e. The first-order valence-electron chi connectivity index (χ1n) is 4.84. The summed E-state index contributed by atoms with van der Waals surface area (Å²) < 4.78 is 5.04. The summed E-state index contributed by atoms with van der Waals surface area (Å²) in [4.78, 5) is 4.19. The first-order valence-corrected chi connectivity index (χ1v) is 4.84. The van der Waals surface area contributed by atoms with Crippen molar-refractivity contribution in [3.05, 3.63) is 12.0 Å². The summed E-state index contributed by atoms with van der Waals surface area (Å²) in [6.07, 6.45) is 4.04. The van der Waals surface area contributed by atoms with E-state index in [9.17, 15) is 0 Å². The Morgan fingerprint density at radius 3 is 3.20 bits per heavy atom. The van der Waals surface area contributed by atoms with Crippen LogP contribution in [0.4, 0.5) is 0 Å². The average molecular weight is 206 g/mol. The zero-order valence-corrected chi connectivity index (χ0v) is 7.97. The topological polar surface area (TPSA) is 92.5 Å². The third-order valence-electron chi connectivity index (χ3n) is 2.23. The smallest absolute Gasteiger partial charge is 0.280 e. The highest BCUT2D eigenvalue weighted by atomic mass is 16.5. The van der Waals surface area contributed by atoms with Crippen LogP contribution in [0, 0.1) is 0 Å². The fraction of sp³-hybridized carbons (Fsp3) is 0.500. The minimum absolute atomic E-state index is 0.399. The van der Waals surface area contributed by atoms with Crippen LogP contribution in [0.3, 0.4) is 0 Å². The maximum Gasteiger partial charge on any atom is 0.280 e. The van der Waals surface area contributed by atoms with Gasteiger partial charge < -0.3 is 9.84 Å². The molecule has 0 unspecified atom stereocenters. The molecule has 0 bridgehead atoms. The van der Waals surface area contributed by atoms with Gasteiger partial charge in [-0.3, -0.25) is 0 Å². The lowest BCUT2D eigenvalue weighted by Crippen LogP contribution is -2.16. The fourth-order valence-corrected chi connectivity index (χ4v) is 1.26. The minimum atomic E-state index is 0.399. The van der Waals surface area contributed by atoms with E-state index in [2.05, 4.69) is 30.9 Å². The van der Waals surface area contributed by atoms with Gasteiger partial charge in [0.25, 0.3) is 5.89 Å². The Balaban J connectivity index is 1.69. The van der Waals surface area contributed by atoms with Crippen molar-refractivity contribution in [3.63, 3.8) is 0 Å². The molecule has 1 aliphatic carbocycles. The number of H-pyrrole nitrogens is 1. The van der Waals surface area contributed by atoms with Gasteiger partial charge in [-0.05, 0) is 12.8 Å². The van der Waals surface area contributed by atoms with Gasteiger partial charge in [-0.15, -0.1) is 0 Å². The van der Waals surface area contributed by atoms with Crippen LogP contribution >= 0.6 is 0 Å². The molecule has 1 fully saturated rings. The lowest BCUT2D eigenvalue weighted by Gasteiger charge is -1.94. The Labute approximate surface area is 85.3 Å². The molecule has 1 saturated carbocycles. The van der Waals surface area contributed by atoms with Gasteiger partial charge in [0.2, 0.25) is 0 Å². The molecule has 15 heavy (non-hydrogen) atoms. The van der Waals surface area contributed by atoms with Crippen molar-refractivity contribution in [1.29, 1.82) is 0 Å². The highest BCUT2D eigenvalue weighted by Crippen LogP contribution is 2.19. The molecule has 7 nitrogen and oxygen atoms in total. The Hall–Kier alpha value is -1.76. The molecule has 2 aromatic rings. The molecule has 0 atom stereocenters. The summed E-state index contributed by atoms with van der Waals surface area (Å²) in [6, 6.07) is 0.638. The van der Waals surface area contributed by atoms with Crippen molar-refractivity contribution < 1.29 is 4.52 Å². The maximum atomic E-state index is 5.04. The van der Waals surface area contributed by atoms with E-state index in [-0.39, 0.29) is 0 Å². The molecule has 2 aromatic heterocycles. The van der Waals surface area contributed by atoms with Gasteiger partial charge in [-0.1, -0.05) is 5.16 Å². The van der Waals surface area contributed by atoms with E-state index < -0.39 is 0 Å². The molecule has 2 heterocycles. The van der Waals surface area contributed by atoms with Crippen molar-refractivity contribution in [2.45, 2.75) is 25.4 Å². The van der Waals surface area contributed by atoms with Crippen LogP contribution < -0.4 is 5.32 Å². The van der Waals surface area contributed by atoms with Crippen LogP contribution in [0.25, 0.3) is 11.6 Å². The number of aromatic amines is 1. The van der Waals surface area contributed by atoms with Crippen LogP contribution in [0.1, 0.15) is 18.7 Å². The van der Waals surface area contributed by atoms with Gasteiger partial charge in [0.1, 0.15) is 0 Å². The van der Waals surface area contributed by atoms with Crippen LogP contribution in [0.5, 0.6) is 0 Å². The molecular weight excluding hydrogens is 196 g/mol. The van der Waals surface area contributed by atoms with Crippen molar-refractivity contribution in [3.8, 4) is 11.6 Å². The number of aromatic nitrogens is 5. The van der Waals surface area contributed by atoms with Crippen molar-refractivity contribution in [2.24, 2.45) is 0 Å². The Bertz CT molecular complexity index is 432. The Morgan fingerprint density at radius 2 is 2.47 bits per heavy atom. The molecule has 3 rings (SSSR count). The molecule has 0 radical (unpaired) electrons. The SMILES string of the molecule is c1n[nH]nc1-c1nc(CNC2CC2)no1. The third kappa shape index (κ3) is 1.86. The summed E-state index contributed by atoms with van der Waals surface area (Å²) in [5, 5.41) is 17.2. The van der Waals surface area contributed by atoms with E-state index in [0.717, 1.165) is 0 Å². The molecule has 1 aliphatic rings. The second kappa shape index (κ2) is 3.43. The zero-order valence-electron chi connectivity index (χ0n) is 7.97. The first-order chi connectivity index (χ1) is 7.42. The molecule has 0 saturated heterocycles. The summed E-state index contributed by atoms with van der Waals surface area (Å²) in [5.74, 6) is 1.05. The molecule has 0 aromatic carbocycles. The molecule has 0 aliphatic heterocycles. The Kier molecular flexibility index (Phi) is 1.95. The van der Waals surface area contributed by atoms with Gasteiger partial charge in [-0.25, -0.2) is 0 Å². The normalized spacial score (nSPS) is 15.7. The molecule has 0 spiro atoms. The lowest BCUT2D eigenvalue weighted by molar-refractivity contribution is 0.418. The average Bonchev–Trinajstić information content (AvgIpc) is 2.78. The van der Waals surface area contributed by atoms with Crippen molar-refractivity contribution in [2.75, 3.05) is 0 Å². The lowest BCUT2D eigenvalue weighted by atomic mass is 10.5. The third-order valence-corrected chi connectivity index (χ3v) is 2.23. The van der Waals surface area contributed by atoms with Gasteiger partial charge in [0, 0.05) is 6.04 Å². The van der Waals surface area contributed by atoms with Gasteiger partial charge in [0.15, 0.2) is 11.5 Å². The number of nitrogens with zero attached hydrogens (tertiary/aromatic N) is 4. The second-order valence-corrected chi connectivity index (χ2v) is 3.53. The van der Waals surface area contributed by atoms with E-state index in [1.165, 1.54) is 12.8 Å². The van der Waals surface area contributed by atoms with Crippen molar-refractivity contribution >= 4 is 0 Å². The van der Waals surface area contributed by atoms with Crippen molar-refractivity contribution in [1.82, 2.24) is 30.9 Å². The number of hydrogen-bond donors (Lipinski definition) is 2. The predicted molar refractivity (Wildman–Crippen MR) is 49.5 cm³/mol. The summed E-state index contributed by atoms with van der Waals surface area (Å²) in [7, 11) is 0. The van der Waals surface area contributed by atoms with E-state index in [4.69, 9.17) is 4.52 Å². The first kappa shape index (κ1) is 8.54. The standard InChI is InChI=1S/C8H10N6O/c1-2-5(1)9-4-7-11-8(15-13-7)6-3-10-14-12-6/h3,5,9H,1-2,4H2,(H,10,12,14). The van der Waals surface area contributed by atoms with Gasteiger partial charge >= 0.3 is 0 Å². The number of rotatable bonds is 4. The fourth-order valence-electron chi connectivity index (χ4n) is 1.26. The summed E-state index contributed by atoms with van der Waals surface area (Å²) in [6.45, 7) is 0.645. The van der Waals surface area contributed by atoms with E-state index in [1.54, 1.807) is 6.20 Å². The minimum Gasteiger partial charge on any atom is -0.332 e. The number of nitrogens with one attached hydrogen (secondary N) is 2. The van der Waals surface area contributed by atoms with E-state index >= 15 is 0 Å². The van der Waals surface area contributed by atoms with Gasteiger partial charge in [0.05, 0.1) is 12.7 Å². The van der Waals surface area contributed by atoms with Crippen LogP contribution in [-0.4, -0.2) is 31.6 Å². The monoisotopic (exact) mass is 206 g/mol. The second-order valence-electron chi connectivity index (χ2n) is 3.53. The maximum absolute atomic E-state index is 5.04.